The quantitative estimate of drug-likeness (QED) is 0.662. The Morgan fingerprint density at radius 3 is 2.63 bits per heavy atom. The molecule has 8 nitrogen and oxygen atoms in total. The first-order valence-corrected chi connectivity index (χ1v) is 10.8. The van der Waals surface area contributed by atoms with Gasteiger partial charge in [0.25, 0.3) is 11.5 Å². The average molecular weight is 437 g/mol. The van der Waals surface area contributed by atoms with Crippen molar-refractivity contribution in [1.82, 2.24) is 23.9 Å². The molecule has 0 radical (unpaired) electrons. The maximum atomic E-state index is 14.3. The van der Waals surface area contributed by atoms with Gasteiger partial charge in [-0.1, -0.05) is 0 Å². The van der Waals surface area contributed by atoms with Crippen LogP contribution in [0, 0.1) is 12.8 Å². The molecule has 1 unspecified atom stereocenters. The lowest BCUT2D eigenvalue weighted by Gasteiger charge is -2.21. The second-order valence-corrected chi connectivity index (χ2v) is 9.32. The normalized spacial score (nSPS) is 21.0. The number of halogens is 2. The highest BCUT2D eigenvalue weighted by Gasteiger charge is 2.44. The van der Waals surface area contributed by atoms with Crippen molar-refractivity contribution in [1.29, 1.82) is 0 Å². The second kappa shape index (κ2) is 6.73. The molecule has 0 spiro atoms. The Labute approximate surface area is 172 Å². The van der Waals surface area contributed by atoms with E-state index < -0.39 is 17.5 Å². The Kier molecular flexibility index (Phi) is 4.35. The van der Waals surface area contributed by atoms with Crippen LogP contribution in [-0.2, 0) is 13.1 Å². The number of nitrogens with zero attached hydrogens (tertiary/aromatic N) is 4. The number of nitrogens with one attached hydrogen (secondary N) is 1. The molecule has 3 heterocycles. The summed E-state index contributed by atoms with van der Waals surface area (Å²) in [5, 5.41) is 4.33. The zero-order valence-corrected chi connectivity index (χ0v) is 17.2. The Hall–Kier alpha value is -2.56. The number of aromatic amines is 1. The van der Waals surface area contributed by atoms with Crippen molar-refractivity contribution in [3.05, 3.63) is 48.1 Å². The fraction of sp³-hybridized carbons (Fsp3) is 0.579. The van der Waals surface area contributed by atoms with E-state index >= 15 is 0 Å². The molecule has 30 heavy (non-hydrogen) atoms. The molecule has 0 bridgehead atoms. The topological polar surface area (TPSA) is 94.7 Å². The maximum absolute atomic E-state index is 14.3. The summed E-state index contributed by atoms with van der Waals surface area (Å²) in [5.74, 6) is -3.74. The maximum Gasteiger partial charge on any atom is 0.343 e. The molecule has 0 saturated heterocycles. The fourth-order valence-electron chi connectivity index (χ4n) is 4.35. The number of rotatable bonds is 5. The van der Waals surface area contributed by atoms with Crippen molar-refractivity contribution < 1.29 is 8.78 Å². The third kappa shape index (κ3) is 2.98. The SMILES string of the molecule is Cc1c(Cn2nc[nH]c2=O)sc2c1c(=O)n(C1CC1)c(=O)n2CC1CCCC1(F)F. The summed E-state index contributed by atoms with van der Waals surface area (Å²) < 4.78 is 32.5. The van der Waals surface area contributed by atoms with Crippen molar-refractivity contribution >= 4 is 21.6 Å². The van der Waals surface area contributed by atoms with Gasteiger partial charge in [-0.05, 0) is 38.2 Å². The third-order valence-corrected chi connectivity index (χ3v) is 7.53. The standard InChI is InChI=1S/C19H21F2N5O3S/c1-10-13(8-25-17(28)22-9-23-25)30-16-14(10)15(27)26(12-4-5-12)18(29)24(16)7-11-3-2-6-19(11,20)21/h9,11-12H,2-8H2,1H3,(H,22,23,28). The van der Waals surface area contributed by atoms with E-state index in [0.29, 0.717) is 33.5 Å². The molecule has 2 aliphatic rings. The van der Waals surface area contributed by atoms with Crippen molar-refractivity contribution in [2.24, 2.45) is 5.92 Å². The Morgan fingerprint density at radius 2 is 2.03 bits per heavy atom. The molecule has 1 N–H and O–H groups in total. The van der Waals surface area contributed by atoms with Crippen LogP contribution in [0.25, 0.3) is 10.2 Å². The van der Waals surface area contributed by atoms with E-state index in [4.69, 9.17) is 0 Å². The Balaban J connectivity index is 1.70. The van der Waals surface area contributed by atoms with Gasteiger partial charge in [-0.2, -0.15) is 5.10 Å². The molecule has 2 aliphatic carbocycles. The molecule has 160 valence electrons. The minimum Gasteiger partial charge on any atom is -0.295 e. The van der Waals surface area contributed by atoms with E-state index in [0.717, 1.165) is 12.8 Å². The summed E-state index contributed by atoms with van der Waals surface area (Å²) in [6.45, 7) is 1.80. The lowest BCUT2D eigenvalue weighted by atomic mass is 10.1. The minimum absolute atomic E-state index is 0.114. The van der Waals surface area contributed by atoms with Gasteiger partial charge in [0.15, 0.2) is 0 Å². The van der Waals surface area contributed by atoms with Crippen molar-refractivity contribution in [2.45, 2.75) is 64.1 Å². The zero-order valence-electron chi connectivity index (χ0n) is 16.4. The molecule has 0 amide bonds. The van der Waals surface area contributed by atoms with E-state index in [1.165, 1.54) is 31.5 Å². The number of alkyl halides is 2. The van der Waals surface area contributed by atoms with Crippen LogP contribution in [0.2, 0.25) is 0 Å². The number of aromatic nitrogens is 5. The van der Waals surface area contributed by atoms with Gasteiger partial charge in [-0.25, -0.2) is 23.1 Å². The van der Waals surface area contributed by atoms with Crippen LogP contribution < -0.4 is 16.9 Å². The third-order valence-electron chi connectivity index (χ3n) is 6.23. The molecule has 5 rings (SSSR count). The lowest BCUT2D eigenvalue weighted by Crippen LogP contribution is -2.41. The van der Waals surface area contributed by atoms with Crippen LogP contribution in [-0.4, -0.2) is 29.8 Å². The van der Waals surface area contributed by atoms with Gasteiger partial charge in [0, 0.05) is 29.8 Å². The van der Waals surface area contributed by atoms with Gasteiger partial charge in [-0.3, -0.25) is 18.9 Å². The van der Waals surface area contributed by atoms with Crippen LogP contribution >= 0.6 is 11.3 Å². The van der Waals surface area contributed by atoms with Gasteiger partial charge >= 0.3 is 11.4 Å². The van der Waals surface area contributed by atoms with E-state index in [-0.39, 0.29) is 36.8 Å². The number of H-pyrrole nitrogens is 1. The van der Waals surface area contributed by atoms with E-state index in [9.17, 15) is 23.2 Å². The number of aryl methyl sites for hydroxylation is 1. The zero-order chi connectivity index (χ0) is 21.2. The van der Waals surface area contributed by atoms with E-state index in [2.05, 4.69) is 10.1 Å². The number of fused-ring (bicyclic) bond motifs is 1. The van der Waals surface area contributed by atoms with E-state index in [1.807, 2.05) is 0 Å². The van der Waals surface area contributed by atoms with Gasteiger partial charge < -0.3 is 0 Å². The molecule has 3 aromatic heterocycles. The molecule has 1 atom stereocenters. The first kappa shape index (κ1) is 19.4. The summed E-state index contributed by atoms with van der Waals surface area (Å²) in [7, 11) is 0. The molecule has 3 aromatic rings. The number of thiophene rings is 1. The summed E-state index contributed by atoms with van der Waals surface area (Å²) in [6, 6.07) is -0.165. The van der Waals surface area contributed by atoms with Crippen molar-refractivity contribution in [3.8, 4) is 0 Å². The van der Waals surface area contributed by atoms with Gasteiger partial charge in [0.2, 0.25) is 0 Å². The lowest BCUT2D eigenvalue weighted by molar-refractivity contribution is -0.0422. The largest absolute Gasteiger partial charge is 0.343 e. The van der Waals surface area contributed by atoms with Crippen LogP contribution in [0.3, 0.4) is 0 Å². The molecule has 2 saturated carbocycles. The molecular formula is C19H21F2N5O3S. The highest BCUT2D eigenvalue weighted by Crippen LogP contribution is 2.42. The highest BCUT2D eigenvalue weighted by molar-refractivity contribution is 7.18. The van der Waals surface area contributed by atoms with Gasteiger partial charge in [0.05, 0.1) is 11.9 Å². The first-order chi connectivity index (χ1) is 14.3. The smallest absolute Gasteiger partial charge is 0.295 e. The van der Waals surface area contributed by atoms with Gasteiger partial charge in [0.1, 0.15) is 11.2 Å². The number of hydrogen-bond acceptors (Lipinski definition) is 5. The molecule has 11 heteroatoms. The first-order valence-electron chi connectivity index (χ1n) is 10.0. The highest BCUT2D eigenvalue weighted by atomic mass is 32.1. The molecule has 0 aromatic carbocycles. The summed E-state index contributed by atoms with van der Waals surface area (Å²) in [4.78, 5) is 41.8. The summed E-state index contributed by atoms with van der Waals surface area (Å²) in [5.41, 5.74) is -0.606. The predicted octanol–water partition coefficient (Wildman–Crippen LogP) is 2.24. The Morgan fingerprint density at radius 1 is 1.27 bits per heavy atom. The van der Waals surface area contributed by atoms with Crippen LogP contribution in [0.15, 0.2) is 20.7 Å². The summed E-state index contributed by atoms with van der Waals surface area (Å²) >= 11 is 1.20. The summed E-state index contributed by atoms with van der Waals surface area (Å²) in [6.07, 6.45) is 3.35. The predicted molar refractivity (Wildman–Crippen MR) is 108 cm³/mol. The average Bonchev–Trinajstić information content (AvgIpc) is 3.23. The van der Waals surface area contributed by atoms with Crippen LogP contribution in [0.4, 0.5) is 8.78 Å². The van der Waals surface area contributed by atoms with Crippen molar-refractivity contribution in [2.75, 3.05) is 0 Å². The van der Waals surface area contributed by atoms with Gasteiger partial charge in [-0.15, -0.1) is 11.3 Å². The minimum atomic E-state index is -2.82. The Bertz CT molecular complexity index is 1310. The fourth-order valence-corrected chi connectivity index (χ4v) is 5.63. The van der Waals surface area contributed by atoms with Crippen LogP contribution in [0.5, 0.6) is 0 Å². The number of hydrogen-bond donors (Lipinski definition) is 1. The van der Waals surface area contributed by atoms with Crippen molar-refractivity contribution in [3.63, 3.8) is 0 Å². The van der Waals surface area contributed by atoms with E-state index in [1.54, 1.807) is 6.92 Å². The monoisotopic (exact) mass is 437 g/mol. The van der Waals surface area contributed by atoms with Crippen LogP contribution in [0.1, 0.15) is 48.6 Å². The second-order valence-electron chi connectivity index (χ2n) is 8.23. The molecule has 2 fully saturated rings. The molecule has 0 aliphatic heterocycles. The molecular weight excluding hydrogens is 416 g/mol.